The van der Waals surface area contributed by atoms with Crippen molar-refractivity contribution in [3.8, 4) is 0 Å². The minimum absolute atomic E-state index is 0.285. The summed E-state index contributed by atoms with van der Waals surface area (Å²) in [6, 6.07) is 0. The average molecular weight is 153 g/mol. The van der Waals surface area contributed by atoms with Crippen molar-refractivity contribution in [1.29, 1.82) is 0 Å². The standard InChI is InChI=1S/C9H15NO/c1-7-6-10-5-4-9(7)8(2)11-3/h4-9H,1-3H3. The van der Waals surface area contributed by atoms with Crippen molar-refractivity contribution in [3.63, 3.8) is 0 Å². The molecule has 0 aromatic carbocycles. The lowest BCUT2D eigenvalue weighted by molar-refractivity contribution is 0.0744. The van der Waals surface area contributed by atoms with Gasteiger partial charge < -0.3 is 4.74 Å². The fraction of sp³-hybridized carbons (Fsp3) is 0.667. The lowest BCUT2D eigenvalue weighted by Crippen LogP contribution is -2.26. The molecular weight excluding hydrogens is 138 g/mol. The van der Waals surface area contributed by atoms with E-state index in [1.165, 1.54) is 0 Å². The highest BCUT2D eigenvalue weighted by atomic mass is 16.5. The predicted octanol–water partition coefficient (Wildman–Crippen LogP) is 1.87. The first-order chi connectivity index (χ1) is 5.25. The number of nitrogens with zero attached hydrogens (tertiary/aromatic N) is 1. The second-order valence-electron chi connectivity index (χ2n) is 3.02. The maximum Gasteiger partial charge on any atom is 0.0612 e. The summed E-state index contributed by atoms with van der Waals surface area (Å²) in [5, 5.41) is 0. The molecule has 0 saturated heterocycles. The fourth-order valence-corrected chi connectivity index (χ4v) is 1.35. The van der Waals surface area contributed by atoms with E-state index in [-0.39, 0.29) is 6.10 Å². The molecule has 0 saturated carbocycles. The van der Waals surface area contributed by atoms with Gasteiger partial charge in [0.2, 0.25) is 0 Å². The van der Waals surface area contributed by atoms with Crippen LogP contribution < -0.4 is 0 Å². The maximum absolute atomic E-state index is 5.25. The predicted molar refractivity (Wildman–Crippen MR) is 46.8 cm³/mol. The molecule has 0 spiro atoms. The van der Waals surface area contributed by atoms with Crippen LogP contribution in [0.15, 0.2) is 17.3 Å². The van der Waals surface area contributed by atoms with Gasteiger partial charge in [-0.3, -0.25) is 4.99 Å². The number of ether oxygens (including phenoxy) is 1. The smallest absolute Gasteiger partial charge is 0.0612 e. The van der Waals surface area contributed by atoms with Crippen molar-refractivity contribution in [2.75, 3.05) is 7.11 Å². The van der Waals surface area contributed by atoms with Gasteiger partial charge in [-0.05, 0) is 6.92 Å². The van der Waals surface area contributed by atoms with Crippen molar-refractivity contribution in [2.45, 2.75) is 20.0 Å². The Balaban J connectivity index is 2.58. The van der Waals surface area contributed by atoms with Gasteiger partial charge in [0.15, 0.2) is 0 Å². The highest BCUT2D eigenvalue weighted by molar-refractivity contribution is 5.63. The Hall–Kier alpha value is -0.630. The molecule has 62 valence electrons. The summed E-state index contributed by atoms with van der Waals surface area (Å²) in [7, 11) is 1.75. The SMILES string of the molecule is COC(C)C1C=CN=CC1C. The molecule has 1 aliphatic heterocycles. The topological polar surface area (TPSA) is 21.6 Å². The molecule has 0 aromatic rings. The molecule has 3 unspecified atom stereocenters. The van der Waals surface area contributed by atoms with E-state index in [4.69, 9.17) is 4.74 Å². The van der Waals surface area contributed by atoms with E-state index in [9.17, 15) is 0 Å². The first kappa shape index (κ1) is 8.47. The summed E-state index contributed by atoms with van der Waals surface area (Å²) >= 11 is 0. The van der Waals surface area contributed by atoms with Gasteiger partial charge in [-0.1, -0.05) is 13.0 Å². The molecule has 1 aliphatic rings. The first-order valence-electron chi connectivity index (χ1n) is 3.98. The van der Waals surface area contributed by atoms with E-state index >= 15 is 0 Å². The summed E-state index contributed by atoms with van der Waals surface area (Å²) in [5.41, 5.74) is 0. The van der Waals surface area contributed by atoms with Crippen LogP contribution >= 0.6 is 0 Å². The van der Waals surface area contributed by atoms with E-state index in [2.05, 4.69) is 24.9 Å². The van der Waals surface area contributed by atoms with Crippen molar-refractivity contribution < 1.29 is 4.74 Å². The Bertz CT molecular complexity index is 174. The van der Waals surface area contributed by atoms with E-state index in [0.29, 0.717) is 11.8 Å². The van der Waals surface area contributed by atoms with E-state index < -0.39 is 0 Å². The Labute approximate surface area is 68.0 Å². The normalized spacial score (nSPS) is 32.3. The van der Waals surface area contributed by atoms with Crippen LogP contribution in [-0.2, 0) is 4.74 Å². The number of methoxy groups -OCH3 is 1. The van der Waals surface area contributed by atoms with Crippen molar-refractivity contribution in [3.05, 3.63) is 12.3 Å². The molecule has 0 radical (unpaired) electrons. The Morgan fingerprint density at radius 2 is 2.27 bits per heavy atom. The summed E-state index contributed by atoms with van der Waals surface area (Å²) in [6.07, 6.45) is 6.21. The first-order valence-corrected chi connectivity index (χ1v) is 3.98. The molecule has 11 heavy (non-hydrogen) atoms. The minimum atomic E-state index is 0.285. The molecule has 0 aromatic heterocycles. The van der Waals surface area contributed by atoms with Crippen LogP contribution in [0, 0.1) is 11.8 Å². The molecular formula is C9H15NO. The minimum Gasteiger partial charge on any atom is -0.381 e. The number of rotatable bonds is 2. The zero-order valence-electron chi connectivity index (χ0n) is 7.32. The summed E-state index contributed by atoms with van der Waals surface area (Å²) in [5.74, 6) is 0.979. The Morgan fingerprint density at radius 3 is 2.82 bits per heavy atom. The molecule has 3 atom stereocenters. The second-order valence-corrected chi connectivity index (χ2v) is 3.02. The lowest BCUT2D eigenvalue weighted by atomic mass is 9.89. The van der Waals surface area contributed by atoms with E-state index in [0.717, 1.165) is 0 Å². The van der Waals surface area contributed by atoms with Crippen LogP contribution in [0.25, 0.3) is 0 Å². The number of aliphatic imine (C=N–C) groups is 1. The van der Waals surface area contributed by atoms with E-state index in [1.54, 1.807) is 7.11 Å². The average Bonchev–Trinajstić information content (AvgIpc) is 2.04. The van der Waals surface area contributed by atoms with Crippen molar-refractivity contribution in [2.24, 2.45) is 16.8 Å². The lowest BCUT2D eigenvalue weighted by Gasteiger charge is -2.24. The van der Waals surface area contributed by atoms with Gasteiger partial charge in [-0.25, -0.2) is 0 Å². The van der Waals surface area contributed by atoms with Crippen LogP contribution in [0.5, 0.6) is 0 Å². The zero-order valence-corrected chi connectivity index (χ0v) is 7.32. The Morgan fingerprint density at radius 1 is 1.55 bits per heavy atom. The highest BCUT2D eigenvalue weighted by Gasteiger charge is 2.20. The number of hydrogen-bond donors (Lipinski definition) is 0. The summed E-state index contributed by atoms with van der Waals surface area (Å²) < 4.78 is 5.25. The van der Waals surface area contributed by atoms with Gasteiger partial charge in [-0.2, -0.15) is 0 Å². The van der Waals surface area contributed by atoms with Crippen LogP contribution in [0.4, 0.5) is 0 Å². The highest BCUT2D eigenvalue weighted by Crippen LogP contribution is 2.20. The molecule has 0 fully saturated rings. The third kappa shape index (κ3) is 1.90. The summed E-state index contributed by atoms with van der Waals surface area (Å²) in [4.78, 5) is 4.06. The molecule has 2 heteroatoms. The van der Waals surface area contributed by atoms with Gasteiger partial charge in [0.1, 0.15) is 0 Å². The second kappa shape index (κ2) is 3.67. The quantitative estimate of drug-likeness (QED) is 0.593. The summed E-state index contributed by atoms with van der Waals surface area (Å²) in [6.45, 7) is 4.25. The van der Waals surface area contributed by atoms with Gasteiger partial charge in [0.25, 0.3) is 0 Å². The molecule has 0 amide bonds. The fourth-order valence-electron chi connectivity index (χ4n) is 1.35. The van der Waals surface area contributed by atoms with Gasteiger partial charge in [0.05, 0.1) is 6.10 Å². The van der Waals surface area contributed by atoms with Crippen molar-refractivity contribution >= 4 is 6.21 Å². The molecule has 0 N–H and O–H groups in total. The molecule has 1 rings (SSSR count). The monoisotopic (exact) mass is 153 g/mol. The molecule has 0 bridgehead atoms. The zero-order chi connectivity index (χ0) is 8.27. The van der Waals surface area contributed by atoms with Crippen LogP contribution in [0.1, 0.15) is 13.8 Å². The van der Waals surface area contributed by atoms with Crippen molar-refractivity contribution in [1.82, 2.24) is 0 Å². The molecule has 0 aliphatic carbocycles. The largest absolute Gasteiger partial charge is 0.381 e. The third-order valence-electron chi connectivity index (χ3n) is 2.24. The van der Waals surface area contributed by atoms with Crippen LogP contribution in [-0.4, -0.2) is 19.4 Å². The maximum atomic E-state index is 5.25. The van der Waals surface area contributed by atoms with Gasteiger partial charge in [0, 0.05) is 31.4 Å². The van der Waals surface area contributed by atoms with E-state index in [1.807, 2.05) is 12.4 Å². The van der Waals surface area contributed by atoms with Crippen LogP contribution in [0.2, 0.25) is 0 Å². The van der Waals surface area contributed by atoms with Gasteiger partial charge in [-0.15, -0.1) is 0 Å². The number of hydrogen-bond acceptors (Lipinski definition) is 2. The van der Waals surface area contributed by atoms with Crippen LogP contribution in [0.3, 0.4) is 0 Å². The Kier molecular flexibility index (Phi) is 2.83. The molecule has 1 heterocycles. The molecule has 2 nitrogen and oxygen atoms in total. The van der Waals surface area contributed by atoms with Gasteiger partial charge >= 0.3 is 0 Å². The third-order valence-corrected chi connectivity index (χ3v) is 2.24.